The Hall–Kier alpha value is -5.81. The lowest BCUT2D eigenvalue weighted by Crippen LogP contribution is -3.09. The Morgan fingerprint density at radius 2 is 1.71 bits per heavy atom. The number of nitrogens with zero attached hydrogens (tertiary/aromatic N) is 4. The molecule has 5 heterocycles. The fourth-order valence-electron chi connectivity index (χ4n) is 8.50. The molecule has 3 aliphatic rings. The van der Waals surface area contributed by atoms with Gasteiger partial charge in [0.15, 0.2) is 11.4 Å². The van der Waals surface area contributed by atoms with Crippen LogP contribution in [0, 0.1) is 6.92 Å². The summed E-state index contributed by atoms with van der Waals surface area (Å²) in [5, 5.41) is 7.35. The van der Waals surface area contributed by atoms with Crippen LogP contribution in [-0.2, 0) is 38.9 Å². The number of fused-ring (bicyclic) bond motifs is 2. The van der Waals surface area contributed by atoms with Crippen LogP contribution in [0.25, 0.3) is 18.2 Å². The number of amides is 4. The molecule has 6 rings (SSSR count). The second kappa shape index (κ2) is 23.4. The Labute approximate surface area is 411 Å². The molecule has 1 unspecified atom stereocenters. The summed E-state index contributed by atoms with van der Waals surface area (Å²) in [6.07, 6.45) is 10.9. The maximum absolute atomic E-state index is 17.0. The number of unbranched alkanes of at least 4 members (excludes halogenated alkanes) is 2. The largest absolute Gasteiger partial charge is 0.748 e. The van der Waals surface area contributed by atoms with Gasteiger partial charge in [0, 0.05) is 61.2 Å². The molecule has 0 aliphatic carbocycles. The minimum Gasteiger partial charge on any atom is -0.748 e. The van der Waals surface area contributed by atoms with E-state index in [1.54, 1.807) is 42.5 Å². The van der Waals surface area contributed by atoms with Crippen LogP contribution in [0.1, 0.15) is 91.6 Å². The molecule has 4 amide bonds. The lowest BCUT2D eigenvalue weighted by atomic mass is 9.88. The molecule has 17 nitrogen and oxygen atoms in total. The second-order valence-electron chi connectivity index (χ2n) is 18.9. The third-order valence-electron chi connectivity index (χ3n) is 12.1. The van der Waals surface area contributed by atoms with E-state index in [0.717, 1.165) is 54.8 Å². The van der Waals surface area contributed by atoms with Crippen LogP contribution in [0.4, 0.5) is 8.63 Å². The third-order valence-corrected chi connectivity index (χ3v) is 13.7. The molecule has 0 saturated carbocycles. The SMILES string of the molecule is Cc1cc(/C=C/c2ccc(OCCCC(=O)N[C@@H](CS(=O)(=O)[O-])C(=O)NCC[NH+](C)CCCCCC(=O)ON3C(=O)CCC3=O)cc2)n2c1C=C1C(CCC[N+](C)(C)C)=CC(c3cccs3)=[N+]1[B-]2(F)F. The van der Waals surface area contributed by atoms with Gasteiger partial charge in [-0.15, -0.1) is 16.4 Å². The van der Waals surface area contributed by atoms with E-state index in [4.69, 9.17) is 9.57 Å². The number of benzene rings is 1. The van der Waals surface area contributed by atoms with Crippen molar-refractivity contribution in [1.29, 1.82) is 0 Å². The van der Waals surface area contributed by atoms with Crippen molar-refractivity contribution in [2.45, 2.75) is 77.2 Å². The highest BCUT2D eigenvalue weighted by Crippen LogP contribution is 2.40. The normalized spacial score (nSPS) is 16.5. The Kier molecular flexibility index (Phi) is 17.9. The van der Waals surface area contributed by atoms with E-state index in [1.807, 2.05) is 43.6 Å². The van der Waals surface area contributed by atoms with Gasteiger partial charge in [0.05, 0.1) is 81.7 Å². The maximum Gasteiger partial charge on any atom is 0.737 e. The monoisotopic (exact) mass is 1010 g/mol. The number of halogens is 2. The third kappa shape index (κ3) is 14.6. The van der Waals surface area contributed by atoms with Gasteiger partial charge in [0.1, 0.15) is 11.8 Å². The van der Waals surface area contributed by atoms with E-state index in [1.165, 1.54) is 15.8 Å². The molecular weight excluding hydrogens is 948 g/mol. The number of aryl methyl sites for hydroxylation is 1. The average molecular weight is 1010 g/mol. The number of allylic oxidation sites excluding steroid dienone is 2. The summed E-state index contributed by atoms with van der Waals surface area (Å²) in [6, 6.07) is 10.9. The number of hydroxylamine groups is 2. The molecule has 3 aromatic rings. The smallest absolute Gasteiger partial charge is 0.737 e. The zero-order valence-corrected chi connectivity index (χ0v) is 42.0. The first-order chi connectivity index (χ1) is 33.1. The van der Waals surface area contributed by atoms with Crippen LogP contribution in [0.2, 0.25) is 0 Å². The highest BCUT2D eigenvalue weighted by atomic mass is 32.2. The van der Waals surface area contributed by atoms with Crippen LogP contribution in [0.3, 0.4) is 0 Å². The van der Waals surface area contributed by atoms with E-state index in [9.17, 15) is 36.9 Å². The first-order valence-electron chi connectivity index (χ1n) is 23.6. The lowest BCUT2D eigenvalue weighted by Gasteiger charge is -2.31. The Bertz CT molecular complexity index is 2640. The van der Waals surface area contributed by atoms with Crippen molar-refractivity contribution in [1.82, 2.24) is 20.2 Å². The first-order valence-corrected chi connectivity index (χ1v) is 26.0. The van der Waals surface area contributed by atoms with Crippen LogP contribution < -0.4 is 20.3 Å². The number of rotatable bonds is 26. The molecule has 0 bridgehead atoms. The van der Waals surface area contributed by atoms with Gasteiger partial charge in [0.2, 0.25) is 11.8 Å². The van der Waals surface area contributed by atoms with Crippen LogP contribution in [0.15, 0.2) is 65.2 Å². The number of quaternary nitrogens is 2. The average Bonchev–Trinajstić information content (AvgIpc) is 4.08. The zero-order valence-electron chi connectivity index (χ0n) is 40.3. The van der Waals surface area contributed by atoms with E-state index in [-0.39, 0.29) is 45.3 Å². The lowest BCUT2D eigenvalue weighted by molar-refractivity contribution is -0.878. The van der Waals surface area contributed by atoms with Gasteiger partial charge >= 0.3 is 12.9 Å². The second-order valence-corrected chi connectivity index (χ2v) is 21.3. The van der Waals surface area contributed by atoms with E-state index in [0.29, 0.717) is 66.0 Å². The molecule has 0 radical (unpaired) electrons. The molecule has 3 N–H and O–H groups in total. The van der Waals surface area contributed by atoms with Crippen molar-refractivity contribution in [3.63, 3.8) is 0 Å². The van der Waals surface area contributed by atoms with Gasteiger partial charge in [-0.3, -0.25) is 19.2 Å². The topological polar surface area (TPSA) is 201 Å². The number of thiophene rings is 1. The van der Waals surface area contributed by atoms with Gasteiger partial charge in [-0.05, 0) is 85.9 Å². The van der Waals surface area contributed by atoms with Gasteiger partial charge in [-0.2, -0.15) is 0 Å². The molecular formula is C48H63BF2N7O10S2+. The van der Waals surface area contributed by atoms with E-state index < -0.39 is 58.5 Å². The quantitative estimate of drug-likeness (QED) is 0.0352. The van der Waals surface area contributed by atoms with Crippen LogP contribution in [0.5, 0.6) is 5.75 Å². The fraction of sp³-hybridized carbons (Fsp3) is 0.458. The summed E-state index contributed by atoms with van der Waals surface area (Å²) in [7, 11) is 3.37. The number of carbonyl (C=O) groups is 5. The summed E-state index contributed by atoms with van der Waals surface area (Å²) < 4.78 is 77.8. The molecule has 22 heteroatoms. The summed E-state index contributed by atoms with van der Waals surface area (Å²) in [5.41, 5.74) is 4.31. The minimum absolute atomic E-state index is 0.0222. The maximum atomic E-state index is 17.0. The molecule has 3 aliphatic heterocycles. The predicted octanol–water partition coefficient (Wildman–Crippen LogP) is 3.52. The van der Waals surface area contributed by atoms with Gasteiger partial charge in [-0.25, -0.2) is 13.2 Å². The van der Waals surface area contributed by atoms with Crippen LogP contribution in [-0.4, -0.2) is 147 Å². The van der Waals surface area contributed by atoms with Crippen LogP contribution >= 0.6 is 11.3 Å². The zero-order chi connectivity index (χ0) is 50.8. The van der Waals surface area contributed by atoms with Crippen molar-refractivity contribution >= 4 is 82.0 Å². The minimum atomic E-state index is -4.88. The highest BCUT2D eigenvalue weighted by molar-refractivity contribution is 7.85. The van der Waals surface area contributed by atoms with Crippen molar-refractivity contribution < 1.29 is 69.0 Å². The Morgan fingerprint density at radius 1 is 0.986 bits per heavy atom. The van der Waals surface area contributed by atoms with Crippen molar-refractivity contribution in [3.8, 4) is 5.75 Å². The van der Waals surface area contributed by atoms with Gasteiger partial charge in [-0.1, -0.05) is 24.3 Å². The van der Waals surface area contributed by atoms with Gasteiger partial charge in [0.25, 0.3) is 11.8 Å². The fourth-order valence-corrected chi connectivity index (χ4v) is 9.89. The summed E-state index contributed by atoms with van der Waals surface area (Å²) in [6.45, 7) is -0.124. The molecule has 1 saturated heterocycles. The molecule has 1 aromatic carbocycles. The number of nitrogens with one attached hydrogen (secondary N) is 3. The number of hydrogen-bond acceptors (Lipinski definition) is 11. The standard InChI is InChI=1S/C48H62BF2N7O10S2/c1-34-30-37(55-40(34)32-41-36(12-9-27-58(3,4)5)31-42(43-13-11-29-69-43)56(41)49(55,50)51)19-16-35-17-20-38(21-18-35)67-28-10-14-44(59)53-39(33-70(64,65)66)48(63)52-24-26-54(2)25-8-6-7-15-47(62)68-57-45(60)22-23-46(57)61/h11,13,16-21,29-32,39H,6-10,12,14-15,22-28,33H2,1-5H3,(H2-,52,53,59,63,64,65,66)/p+1/b19-16+/t39-/m0/s1. The number of likely N-dealkylation sites (N-methyl/N-ethyl adjacent to an activating group) is 1. The molecule has 70 heavy (non-hydrogen) atoms. The highest BCUT2D eigenvalue weighted by Gasteiger charge is 2.54. The number of imide groups is 1. The first kappa shape index (κ1) is 53.5. The molecule has 378 valence electrons. The molecule has 2 atom stereocenters. The molecule has 0 spiro atoms. The molecule has 2 aromatic heterocycles. The number of hydrogen-bond donors (Lipinski definition) is 3. The van der Waals surface area contributed by atoms with Crippen molar-refractivity contribution in [3.05, 3.63) is 92.6 Å². The summed E-state index contributed by atoms with van der Waals surface area (Å²) in [5.74, 6) is -3.81. The summed E-state index contributed by atoms with van der Waals surface area (Å²) >= 11 is 1.44. The summed E-state index contributed by atoms with van der Waals surface area (Å²) in [4.78, 5) is 67.5. The van der Waals surface area contributed by atoms with Crippen molar-refractivity contribution in [2.75, 3.05) is 66.7 Å². The Morgan fingerprint density at radius 3 is 2.39 bits per heavy atom. The predicted molar refractivity (Wildman–Crippen MR) is 261 cm³/mol. The van der Waals surface area contributed by atoms with E-state index >= 15 is 8.63 Å². The van der Waals surface area contributed by atoms with E-state index in [2.05, 4.69) is 31.8 Å². The number of carbonyl (C=O) groups excluding carboxylic acids is 5. The van der Waals surface area contributed by atoms with Crippen molar-refractivity contribution in [2.24, 2.45) is 0 Å². The number of ether oxygens (including phenoxy) is 1. The Balaban J connectivity index is 0.944. The van der Waals surface area contributed by atoms with Gasteiger partial charge < -0.3 is 51.7 Å². The molecule has 1 fully saturated rings. The number of aromatic nitrogens is 1.